The lowest BCUT2D eigenvalue weighted by Crippen LogP contribution is -2.45. The highest BCUT2D eigenvalue weighted by Gasteiger charge is 2.31. The molecule has 0 fully saturated rings. The van der Waals surface area contributed by atoms with Gasteiger partial charge in [-0.1, -0.05) is 11.6 Å². The Bertz CT molecular complexity index is 481. The second kappa shape index (κ2) is 5.21. The van der Waals surface area contributed by atoms with Gasteiger partial charge in [-0.2, -0.15) is 0 Å². The molecule has 0 saturated heterocycles. The fraction of sp³-hybridized carbons (Fsp3) is 0.615. The minimum absolute atomic E-state index is 0.0166. The molecule has 0 aromatic carbocycles. The molecule has 0 aliphatic carbocycles. The first-order chi connectivity index (χ1) is 8.78. The molecule has 2 heterocycles. The van der Waals surface area contributed by atoms with Gasteiger partial charge >= 0.3 is 6.09 Å². The third-order valence-electron chi connectivity index (χ3n) is 2.85. The number of likely N-dealkylation sites (N-methyl/N-ethyl adjacent to an activating group) is 1. The number of nitrogens with zero attached hydrogens (tertiary/aromatic N) is 1. The molecule has 1 atom stereocenters. The molecule has 1 aliphatic rings. The van der Waals surface area contributed by atoms with Crippen molar-refractivity contribution >= 4 is 29.0 Å². The Morgan fingerprint density at radius 3 is 2.89 bits per heavy atom. The van der Waals surface area contributed by atoms with Gasteiger partial charge in [0.15, 0.2) is 5.75 Å². The van der Waals surface area contributed by atoms with E-state index in [0.717, 1.165) is 17.0 Å². The second-order valence-corrected chi connectivity index (χ2v) is 6.97. The zero-order valence-electron chi connectivity index (χ0n) is 11.5. The summed E-state index contributed by atoms with van der Waals surface area (Å²) in [6, 6.07) is -0.0166. The van der Waals surface area contributed by atoms with Crippen molar-refractivity contribution in [1.29, 1.82) is 0 Å². The third-order valence-corrected chi connectivity index (χ3v) is 4.25. The topological polar surface area (TPSA) is 38.8 Å². The lowest BCUT2D eigenvalue weighted by molar-refractivity contribution is 0.0161. The lowest BCUT2D eigenvalue weighted by Gasteiger charge is -2.32. The minimum atomic E-state index is -0.488. The van der Waals surface area contributed by atoms with Gasteiger partial charge in [0.2, 0.25) is 0 Å². The highest BCUT2D eigenvalue weighted by atomic mass is 35.5. The van der Waals surface area contributed by atoms with E-state index in [9.17, 15) is 4.79 Å². The summed E-state index contributed by atoms with van der Waals surface area (Å²) in [5, 5.41) is 2.51. The monoisotopic (exact) mass is 303 g/mol. The van der Waals surface area contributed by atoms with Crippen LogP contribution in [0, 0.1) is 0 Å². The lowest BCUT2D eigenvalue weighted by atomic mass is 10.1. The number of rotatable bonds is 1. The van der Waals surface area contributed by atoms with Crippen molar-refractivity contribution < 1.29 is 14.3 Å². The summed E-state index contributed by atoms with van der Waals surface area (Å²) < 4.78 is 11.0. The summed E-state index contributed by atoms with van der Waals surface area (Å²) in [6.07, 6.45) is 0.426. The van der Waals surface area contributed by atoms with E-state index >= 15 is 0 Å². The summed E-state index contributed by atoms with van der Waals surface area (Å²) in [6.45, 7) is 6.01. The molecule has 0 radical (unpaired) electrons. The molecular weight excluding hydrogens is 286 g/mol. The number of carbonyl (C=O) groups excluding carboxylic acids is 1. The molecule has 1 aromatic rings. The second-order valence-electron chi connectivity index (χ2n) is 5.60. The van der Waals surface area contributed by atoms with E-state index in [1.54, 1.807) is 23.3 Å². The first-order valence-corrected chi connectivity index (χ1v) is 7.38. The van der Waals surface area contributed by atoms with E-state index in [1.807, 2.05) is 26.2 Å². The van der Waals surface area contributed by atoms with Crippen molar-refractivity contribution in [3.63, 3.8) is 0 Å². The van der Waals surface area contributed by atoms with Crippen molar-refractivity contribution in [2.75, 3.05) is 13.7 Å². The summed E-state index contributed by atoms with van der Waals surface area (Å²) in [4.78, 5) is 14.7. The number of ether oxygens (including phenoxy) is 2. The molecular formula is C13H18ClNO3S. The Morgan fingerprint density at radius 2 is 2.26 bits per heavy atom. The van der Waals surface area contributed by atoms with Crippen molar-refractivity contribution in [2.45, 2.75) is 38.8 Å². The van der Waals surface area contributed by atoms with Gasteiger partial charge in [0.25, 0.3) is 0 Å². The molecule has 0 bridgehead atoms. The molecule has 6 heteroatoms. The predicted molar refractivity (Wildman–Crippen MR) is 76.3 cm³/mol. The molecule has 4 nitrogen and oxygen atoms in total. The van der Waals surface area contributed by atoms with E-state index in [1.165, 1.54) is 0 Å². The zero-order valence-corrected chi connectivity index (χ0v) is 13.1. The number of thiophene rings is 1. The number of hydrogen-bond donors (Lipinski definition) is 0. The maximum Gasteiger partial charge on any atom is 0.410 e. The van der Waals surface area contributed by atoms with Gasteiger partial charge < -0.3 is 14.4 Å². The van der Waals surface area contributed by atoms with Crippen LogP contribution in [0.2, 0.25) is 5.02 Å². The Balaban J connectivity index is 2.02. The molecule has 0 spiro atoms. The van der Waals surface area contributed by atoms with Crippen molar-refractivity contribution in [2.24, 2.45) is 0 Å². The molecule has 0 N–H and O–H groups in total. The average Bonchev–Trinajstić information content (AvgIpc) is 2.67. The van der Waals surface area contributed by atoms with Crippen LogP contribution < -0.4 is 4.74 Å². The van der Waals surface area contributed by atoms with Crippen LogP contribution in [0.15, 0.2) is 5.38 Å². The van der Waals surface area contributed by atoms with Crippen LogP contribution in [0.25, 0.3) is 0 Å². The molecule has 19 heavy (non-hydrogen) atoms. The van der Waals surface area contributed by atoms with Crippen molar-refractivity contribution in [3.05, 3.63) is 15.3 Å². The summed E-state index contributed by atoms with van der Waals surface area (Å²) in [5.41, 5.74) is -0.488. The van der Waals surface area contributed by atoms with Gasteiger partial charge in [-0.15, -0.1) is 11.3 Å². The normalized spacial score (nSPS) is 18.5. The zero-order chi connectivity index (χ0) is 14.2. The largest absolute Gasteiger partial charge is 0.489 e. The number of amides is 1. The van der Waals surface area contributed by atoms with Crippen LogP contribution in [0.4, 0.5) is 4.79 Å². The van der Waals surface area contributed by atoms with E-state index < -0.39 is 5.60 Å². The molecule has 2 rings (SSSR count). The maximum atomic E-state index is 12.0. The van der Waals surface area contributed by atoms with E-state index in [4.69, 9.17) is 21.1 Å². The molecule has 0 saturated carbocycles. The first kappa shape index (κ1) is 14.5. The molecule has 1 aliphatic heterocycles. The first-order valence-electron chi connectivity index (χ1n) is 6.12. The van der Waals surface area contributed by atoms with Crippen LogP contribution >= 0.6 is 22.9 Å². The molecule has 1 unspecified atom stereocenters. The van der Waals surface area contributed by atoms with Gasteiger partial charge in [-0.05, 0) is 20.8 Å². The van der Waals surface area contributed by atoms with Crippen LogP contribution in [0.5, 0.6) is 5.75 Å². The summed E-state index contributed by atoms with van der Waals surface area (Å²) >= 11 is 7.58. The predicted octanol–water partition coefficient (Wildman–Crippen LogP) is 3.57. The highest BCUT2D eigenvalue weighted by Crippen LogP contribution is 2.38. The van der Waals surface area contributed by atoms with Crippen LogP contribution in [-0.4, -0.2) is 36.3 Å². The third kappa shape index (κ3) is 3.34. The van der Waals surface area contributed by atoms with Crippen molar-refractivity contribution in [1.82, 2.24) is 4.90 Å². The quantitative estimate of drug-likeness (QED) is 0.796. The Morgan fingerprint density at radius 1 is 1.58 bits per heavy atom. The van der Waals surface area contributed by atoms with Crippen molar-refractivity contribution in [3.8, 4) is 5.75 Å². The van der Waals surface area contributed by atoms with Crippen LogP contribution in [0.3, 0.4) is 0 Å². The summed E-state index contributed by atoms with van der Waals surface area (Å²) in [7, 11) is 1.74. The van der Waals surface area contributed by atoms with Gasteiger partial charge in [0.05, 0.1) is 15.9 Å². The van der Waals surface area contributed by atoms with Crippen LogP contribution in [0.1, 0.15) is 25.6 Å². The average molecular weight is 304 g/mol. The fourth-order valence-electron chi connectivity index (χ4n) is 1.84. The highest BCUT2D eigenvalue weighted by molar-refractivity contribution is 7.10. The molecule has 106 valence electrons. The van der Waals surface area contributed by atoms with E-state index in [-0.39, 0.29) is 12.1 Å². The maximum absolute atomic E-state index is 12.0. The van der Waals surface area contributed by atoms with Gasteiger partial charge in [0.1, 0.15) is 12.2 Å². The minimum Gasteiger partial charge on any atom is -0.489 e. The van der Waals surface area contributed by atoms with Gasteiger partial charge in [-0.25, -0.2) is 4.79 Å². The standard InChI is InChI=1S/C13H18ClNO3S/c1-13(2,3)18-12(16)15(4)8-5-10-11(17-6-8)9(14)7-19-10/h7-8H,5-6H2,1-4H3. The Hall–Kier alpha value is -0.940. The molecule has 1 amide bonds. The van der Waals surface area contributed by atoms with Gasteiger partial charge in [0, 0.05) is 18.8 Å². The smallest absolute Gasteiger partial charge is 0.410 e. The van der Waals surface area contributed by atoms with E-state index in [0.29, 0.717) is 11.6 Å². The molecule has 1 aromatic heterocycles. The number of hydrogen-bond acceptors (Lipinski definition) is 4. The number of carbonyl (C=O) groups is 1. The number of halogens is 1. The van der Waals surface area contributed by atoms with Gasteiger partial charge in [-0.3, -0.25) is 0 Å². The SMILES string of the molecule is CN(C(=O)OC(C)(C)C)C1COc2c(Cl)csc2C1. The van der Waals surface area contributed by atoms with E-state index in [2.05, 4.69) is 0 Å². The summed E-state index contributed by atoms with van der Waals surface area (Å²) in [5.74, 6) is 0.764. The van der Waals surface area contributed by atoms with Crippen LogP contribution in [-0.2, 0) is 11.2 Å². The fourth-order valence-corrected chi connectivity index (χ4v) is 3.11. The number of fused-ring (bicyclic) bond motifs is 1. The Labute approximate surface area is 122 Å². The Kier molecular flexibility index (Phi) is 3.97.